The van der Waals surface area contributed by atoms with Crippen LogP contribution >= 0.6 is 8.46 Å². The maximum atomic E-state index is 10.8. The molecule has 0 amide bonds. The molecule has 2 aromatic rings. The quantitative estimate of drug-likeness (QED) is 0.557. The number of aliphatic hydroxyl groups is 1. The summed E-state index contributed by atoms with van der Waals surface area (Å²) in [5.41, 5.74) is 2.13. The molecular weight excluding hydrogens is 347 g/mol. The molecule has 0 saturated heterocycles. The molecule has 4 nitrogen and oxygen atoms in total. The number of rotatable bonds is 12. The fraction of sp³-hybridized carbons (Fsp3) is 0.429. The van der Waals surface area contributed by atoms with E-state index in [1.807, 2.05) is 60.7 Å². The SMILES string of the molecule is C[C@H](CCP=O)[C@@H](OCc1ccccc1)[C@H](CO)OCc1ccccc1. The summed E-state index contributed by atoms with van der Waals surface area (Å²) in [5, 5.41) is 9.88. The maximum Gasteiger partial charge on any atom is 0.155 e. The lowest BCUT2D eigenvalue weighted by Gasteiger charge is -2.31. The lowest BCUT2D eigenvalue weighted by molar-refractivity contribution is -0.123. The molecule has 0 fully saturated rings. The molecule has 2 rings (SSSR count). The number of benzene rings is 2. The Hall–Kier alpha value is -1.58. The van der Waals surface area contributed by atoms with E-state index >= 15 is 0 Å². The molecule has 0 saturated carbocycles. The molecule has 0 aliphatic rings. The van der Waals surface area contributed by atoms with Crippen molar-refractivity contribution < 1.29 is 19.1 Å². The standard InChI is InChI=1S/C21H27O4P/c1-17(12-13-26-23)21(25-16-19-10-6-3-7-11-19)20(14-22)24-15-18-8-4-2-5-9-18/h2-11,17,20-22H,12-16H2,1H3/t17-,20+,21-/m1/s1. The Bertz CT molecular complexity index is 620. The highest BCUT2D eigenvalue weighted by Crippen LogP contribution is 2.22. The van der Waals surface area contributed by atoms with E-state index in [1.165, 1.54) is 0 Å². The van der Waals surface area contributed by atoms with Crippen LogP contribution in [0.2, 0.25) is 0 Å². The summed E-state index contributed by atoms with van der Waals surface area (Å²) in [6, 6.07) is 19.8. The molecule has 26 heavy (non-hydrogen) atoms. The lowest BCUT2D eigenvalue weighted by Crippen LogP contribution is -2.39. The van der Waals surface area contributed by atoms with Crippen LogP contribution in [0.4, 0.5) is 0 Å². The zero-order valence-corrected chi connectivity index (χ0v) is 16.1. The van der Waals surface area contributed by atoms with Crippen molar-refractivity contribution in [3.63, 3.8) is 0 Å². The predicted molar refractivity (Wildman–Crippen MR) is 103 cm³/mol. The fourth-order valence-electron chi connectivity index (χ4n) is 2.85. The van der Waals surface area contributed by atoms with Crippen molar-refractivity contribution in [2.45, 2.75) is 38.8 Å². The highest BCUT2D eigenvalue weighted by Gasteiger charge is 2.28. The van der Waals surface area contributed by atoms with Gasteiger partial charge >= 0.3 is 0 Å². The Morgan fingerprint density at radius 1 is 0.923 bits per heavy atom. The molecule has 0 unspecified atom stereocenters. The Balaban J connectivity index is 2.01. The van der Waals surface area contributed by atoms with Gasteiger partial charge in [0.15, 0.2) is 8.46 Å². The normalized spacial score (nSPS) is 14.8. The Kier molecular flexibility index (Phi) is 9.51. The zero-order valence-electron chi connectivity index (χ0n) is 15.2. The molecule has 5 heteroatoms. The van der Waals surface area contributed by atoms with E-state index in [9.17, 15) is 9.67 Å². The molecule has 0 bridgehead atoms. The van der Waals surface area contributed by atoms with E-state index in [0.29, 0.717) is 19.4 Å². The molecule has 3 atom stereocenters. The summed E-state index contributed by atoms with van der Waals surface area (Å²) in [6.45, 7) is 2.81. The van der Waals surface area contributed by atoms with Gasteiger partial charge in [-0.25, -0.2) is 0 Å². The van der Waals surface area contributed by atoms with Crippen LogP contribution in [0.3, 0.4) is 0 Å². The van der Waals surface area contributed by atoms with Gasteiger partial charge in [-0.2, -0.15) is 0 Å². The van der Waals surface area contributed by atoms with Crippen LogP contribution in [0, 0.1) is 5.92 Å². The van der Waals surface area contributed by atoms with Gasteiger partial charge in [0.1, 0.15) is 6.10 Å². The molecule has 1 N–H and O–H groups in total. The van der Waals surface area contributed by atoms with E-state index in [4.69, 9.17) is 9.47 Å². The number of hydrogen-bond acceptors (Lipinski definition) is 4. The summed E-state index contributed by atoms with van der Waals surface area (Å²) < 4.78 is 22.9. The Labute approximate surface area is 157 Å². The number of hydrogen-bond donors (Lipinski definition) is 1. The van der Waals surface area contributed by atoms with Crippen LogP contribution in [0.25, 0.3) is 0 Å². The first kappa shape index (κ1) is 20.7. The molecule has 0 aliphatic heterocycles. The maximum absolute atomic E-state index is 10.8. The number of ether oxygens (including phenoxy) is 2. The van der Waals surface area contributed by atoms with Crippen LogP contribution in [-0.4, -0.2) is 30.1 Å². The predicted octanol–water partition coefficient (Wildman–Crippen LogP) is 4.47. The molecule has 2 aromatic carbocycles. The van der Waals surface area contributed by atoms with Crippen molar-refractivity contribution >= 4 is 8.46 Å². The van der Waals surface area contributed by atoms with E-state index < -0.39 is 6.10 Å². The molecule has 0 aromatic heterocycles. The van der Waals surface area contributed by atoms with Crippen molar-refractivity contribution in [3.8, 4) is 0 Å². The highest BCUT2D eigenvalue weighted by atomic mass is 31.1. The van der Waals surface area contributed by atoms with Crippen LogP contribution in [-0.2, 0) is 27.3 Å². The lowest BCUT2D eigenvalue weighted by atomic mass is 9.97. The largest absolute Gasteiger partial charge is 0.394 e. The van der Waals surface area contributed by atoms with Gasteiger partial charge in [0.05, 0.1) is 25.9 Å². The first-order valence-electron chi connectivity index (χ1n) is 8.95. The van der Waals surface area contributed by atoms with Gasteiger partial charge in [-0.1, -0.05) is 67.6 Å². The monoisotopic (exact) mass is 374 g/mol. The van der Waals surface area contributed by atoms with Crippen LogP contribution in [0.5, 0.6) is 0 Å². The van der Waals surface area contributed by atoms with Crippen molar-refractivity contribution in [2.75, 3.05) is 12.8 Å². The Morgan fingerprint density at radius 2 is 1.46 bits per heavy atom. The minimum absolute atomic E-state index is 0.119. The molecular formula is C21H27O4P. The zero-order chi connectivity index (χ0) is 18.6. The molecule has 0 spiro atoms. The summed E-state index contributed by atoms with van der Waals surface area (Å²) in [7, 11) is 0.132. The average molecular weight is 374 g/mol. The van der Waals surface area contributed by atoms with Gasteiger partial charge in [0, 0.05) is 6.16 Å². The third kappa shape index (κ3) is 6.97. The third-order valence-corrected chi connectivity index (χ3v) is 4.82. The van der Waals surface area contributed by atoms with Gasteiger partial charge in [0.25, 0.3) is 0 Å². The number of aliphatic hydroxyl groups excluding tert-OH is 1. The van der Waals surface area contributed by atoms with E-state index in [0.717, 1.165) is 17.5 Å². The van der Waals surface area contributed by atoms with Crippen molar-refractivity contribution in [1.82, 2.24) is 0 Å². The molecule has 140 valence electrons. The van der Waals surface area contributed by atoms with E-state index in [1.54, 1.807) is 0 Å². The molecule has 0 radical (unpaired) electrons. The second-order valence-electron chi connectivity index (χ2n) is 6.40. The van der Waals surface area contributed by atoms with Crippen LogP contribution < -0.4 is 0 Å². The van der Waals surface area contributed by atoms with Gasteiger partial charge in [-0.15, -0.1) is 0 Å². The summed E-state index contributed by atoms with van der Waals surface area (Å²) in [4.78, 5) is 0. The average Bonchev–Trinajstić information content (AvgIpc) is 2.70. The van der Waals surface area contributed by atoms with Gasteiger partial charge in [-0.3, -0.25) is 4.57 Å². The van der Waals surface area contributed by atoms with E-state index in [2.05, 4.69) is 6.92 Å². The van der Waals surface area contributed by atoms with E-state index in [-0.39, 0.29) is 27.1 Å². The van der Waals surface area contributed by atoms with Gasteiger partial charge in [-0.05, 0) is 23.5 Å². The summed E-state index contributed by atoms with van der Waals surface area (Å²) in [6.07, 6.45) is 0.613. The fourth-order valence-corrected chi connectivity index (χ4v) is 3.37. The topological polar surface area (TPSA) is 55.8 Å². The highest BCUT2D eigenvalue weighted by molar-refractivity contribution is 7.23. The summed E-state index contributed by atoms with van der Waals surface area (Å²) >= 11 is 0. The minimum Gasteiger partial charge on any atom is -0.394 e. The van der Waals surface area contributed by atoms with Crippen molar-refractivity contribution in [1.29, 1.82) is 0 Å². The third-order valence-electron chi connectivity index (χ3n) is 4.38. The van der Waals surface area contributed by atoms with Crippen molar-refractivity contribution in [2.24, 2.45) is 5.92 Å². The Morgan fingerprint density at radius 3 is 1.96 bits per heavy atom. The second kappa shape index (κ2) is 11.9. The summed E-state index contributed by atoms with van der Waals surface area (Å²) in [5.74, 6) is 0.119. The minimum atomic E-state index is -0.433. The smallest absolute Gasteiger partial charge is 0.155 e. The van der Waals surface area contributed by atoms with Gasteiger partial charge < -0.3 is 14.6 Å². The van der Waals surface area contributed by atoms with Crippen molar-refractivity contribution in [3.05, 3.63) is 71.8 Å². The van der Waals surface area contributed by atoms with Crippen LogP contribution in [0.15, 0.2) is 60.7 Å². The molecule has 0 aliphatic carbocycles. The first-order valence-corrected chi connectivity index (χ1v) is 9.95. The first-order chi connectivity index (χ1) is 12.7. The van der Waals surface area contributed by atoms with Crippen LogP contribution in [0.1, 0.15) is 24.5 Å². The molecule has 0 heterocycles. The van der Waals surface area contributed by atoms with Gasteiger partial charge in [0.2, 0.25) is 0 Å². The second-order valence-corrected chi connectivity index (χ2v) is 7.10.